The molecule has 0 saturated carbocycles. The minimum Gasteiger partial charge on any atom is -0.245 e. The van der Waals surface area contributed by atoms with Crippen LogP contribution in [0.25, 0.3) is 11.1 Å². The first-order valence-electron chi connectivity index (χ1n) is 4.81. The van der Waals surface area contributed by atoms with Crippen LogP contribution in [0.15, 0.2) is 36.5 Å². The van der Waals surface area contributed by atoms with Crippen molar-refractivity contribution in [1.82, 2.24) is 4.98 Å². The van der Waals surface area contributed by atoms with E-state index in [9.17, 15) is 4.39 Å². The van der Waals surface area contributed by atoms with E-state index in [2.05, 4.69) is 4.98 Å². The number of nitriles is 2. The molecule has 4 heteroatoms. The van der Waals surface area contributed by atoms with Crippen molar-refractivity contribution in [3.63, 3.8) is 0 Å². The van der Waals surface area contributed by atoms with Gasteiger partial charge in [-0.2, -0.15) is 10.5 Å². The number of rotatable bonds is 1. The first kappa shape index (κ1) is 10.8. The highest BCUT2D eigenvalue weighted by molar-refractivity contribution is 5.69. The lowest BCUT2D eigenvalue weighted by Gasteiger charge is -2.03. The summed E-state index contributed by atoms with van der Waals surface area (Å²) in [6.07, 6.45) is 1.51. The molecular formula is C13H6FN3. The van der Waals surface area contributed by atoms with E-state index in [-0.39, 0.29) is 11.3 Å². The van der Waals surface area contributed by atoms with Gasteiger partial charge in [-0.05, 0) is 29.8 Å². The molecule has 2 rings (SSSR count). The predicted molar refractivity (Wildman–Crippen MR) is 59.1 cm³/mol. The Balaban J connectivity index is 2.63. The lowest BCUT2D eigenvalue weighted by molar-refractivity contribution is 0.624. The fourth-order valence-electron chi connectivity index (χ4n) is 1.51. The highest BCUT2D eigenvalue weighted by Crippen LogP contribution is 2.23. The highest BCUT2D eigenvalue weighted by atomic mass is 19.1. The van der Waals surface area contributed by atoms with Gasteiger partial charge in [0.05, 0.1) is 5.56 Å². The molecule has 0 atom stereocenters. The Morgan fingerprint density at radius 1 is 1.12 bits per heavy atom. The van der Waals surface area contributed by atoms with Crippen LogP contribution in [0.5, 0.6) is 0 Å². The Morgan fingerprint density at radius 3 is 2.65 bits per heavy atom. The second-order valence-electron chi connectivity index (χ2n) is 3.32. The number of aromatic nitrogens is 1. The van der Waals surface area contributed by atoms with Crippen LogP contribution in [0.3, 0.4) is 0 Å². The van der Waals surface area contributed by atoms with Gasteiger partial charge in [0.1, 0.15) is 23.6 Å². The Hall–Kier alpha value is -2.72. The third-order valence-electron chi connectivity index (χ3n) is 2.31. The quantitative estimate of drug-likeness (QED) is 0.746. The van der Waals surface area contributed by atoms with E-state index in [1.807, 2.05) is 6.07 Å². The van der Waals surface area contributed by atoms with Gasteiger partial charge in [-0.3, -0.25) is 0 Å². The normalized spacial score (nSPS) is 9.35. The molecule has 0 unspecified atom stereocenters. The fourth-order valence-corrected chi connectivity index (χ4v) is 1.51. The monoisotopic (exact) mass is 223 g/mol. The van der Waals surface area contributed by atoms with E-state index in [4.69, 9.17) is 10.5 Å². The van der Waals surface area contributed by atoms with Gasteiger partial charge >= 0.3 is 0 Å². The SMILES string of the molecule is N#Cc1cc(-c2cccnc2C#N)ccc1F. The standard InChI is InChI=1S/C13H6FN3/c14-12-4-3-9(6-10(12)7-15)11-2-1-5-17-13(11)8-16/h1-6H. The van der Waals surface area contributed by atoms with Gasteiger partial charge in [0.2, 0.25) is 0 Å². The van der Waals surface area contributed by atoms with E-state index in [0.29, 0.717) is 11.1 Å². The van der Waals surface area contributed by atoms with Crippen molar-refractivity contribution in [3.05, 3.63) is 53.6 Å². The summed E-state index contributed by atoms with van der Waals surface area (Å²) in [6.45, 7) is 0. The summed E-state index contributed by atoms with van der Waals surface area (Å²) in [6, 6.07) is 11.3. The van der Waals surface area contributed by atoms with Crippen molar-refractivity contribution in [2.75, 3.05) is 0 Å². The average molecular weight is 223 g/mol. The minimum atomic E-state index is -0.571. The zero-order chi connectivity index (χ0) is 12.3. The summed E-state index contributed by atoms with van der Waals surface area (Å²) in [5, 5.41) is 17.7. The molecule has 0 bridgehead atoms. The van der Waals surface area contributed by atoms with Crippen molar-refractivity contribution < 1.29 is 4.39 Å². The molecule has 0 aliphatic heterocycles. The summed E-state index contributed by atoms with van der Waals surface area (Å²) >= 11 is 0. The number of halogens is 1. The van der Waals surface area contributed by atoms with Crippen LogP contribution >= 0.6 is 0 Å². The molecule has 0 fully saturated rings. The number of nitrogens with zero attached hydrogens (tertiary/aromatic N) is 3. The molecule has 3 nitrogen and oxygen atoms in total. The van der Waals surface area contributed by atoms with Crippen LogP contribution in [-0.2, 0) is 0 Å². The van der Waals surface area contributed by atoms with E-state index < -0.39 is 5.82 Å². The Kier molecular flexibility index (Phi) is 2.81. The third kappa shape index (κ3) is 1.97. The van der Waals surface area contributed by atoms with Gasteiger partial charge in [-0.1, -0.05) is 6.07 Å². The van der Waals surface area contributed by atoms with Crippen molar-refractivity contribution in [2.45, 2.75) is 0 Å². The van der Waals surface area contributed by atoms with Crippen LogP contribution in [0.2, 0.25) is 0 Å². The maximum absolute atomic E-state index is 13.2. The molecule has 80 valence electrons. The largest absolute Gasteiger partial charge is 0.245 e. The molecule has 0 radical (unpaired) electrons. The first-order chi connectivity index (χ1) is 8.26. The topological polar surface area (TPSA) is 60.5 Å². The molecule has 0 N–H and O–H groups in total. The molecule has 0 aliphatic carbocycles. The van der Waals surface area contributed by atoms with Crippen molar-refractivity contribution in [3.8, 4) is 23.3 Å². The van der Waals surface area contributed by atoms with Gasteiger partial charge in [0.15, 0.2) is 0 Å². The van der Waals surface area contributed by atoms with E-state index >= 15 is 0 Å². The molecule has 0 aliphatic rings. The second kappa shape index (κ2) is 4.42. The maximum Gasteiger partial charge on any atom is 0.148 e. The number of hydrogen-bond donors (Lipinski definition) is 0. The summed E-state index contributed by atoms with van der Waals surface area (Å²) in [7, 11) is 0. The number of pyridine rings is 1. The lowest BCUT2D eigenvalue weighted by Crippen LogP contribution is -1.90. The molecule has 1 aromatic heterocycles. The summed E-state index contributed by atoms with van der Waals surface area (Å²) in [5.74, 6) is -0.571. The maximum atomic E-state index is 13.2. The Morgan fingerprint density at radius 2 is 1.94 bits per heavy atom. The van der Waals surface area contributed by atoms with Crippen molar-refractivity contribution in [2.24, 2.45) is 0 Å². The molecule has 1 heterocycles. The molecule has 0 saturated heterocycles. The summed E-state index contributed by atoms with van der Waals surface area (Å²) in [5.41, 5.74) is 1.40. The minimum absolute atomic E-state index is 0.0461. The smallest absolute Gasteiger partial charge is 0.148 e. The zero-order valence-corrected chi connectivity index (χ0v) is 8.68. The van der Waals surface area contributed by atoms with Gasteiger partial charge in [-0.25, -0.2) is 9.37 Å². The zero-order valence-electron chi connectivity index (χ0n) is 8.68. The van der Waals surface area contributed by atoms with Gasteiger partial charge in [-0.15, -0.1) is 0 Å². The van der Waals surface area contributed by atoms with Crippen LogP contribution in [0, 0.1) is 28.5 Å². The van der Waals surface area contributed by atoms with Crippen molar-refractivity contribution in [1.29, 1.82) is 10.5 Å². The molecule has 17 heavy (non-hydrogen) atoms. The molecular weight excluding hydrogens is 217 g/mol. The third-order valence-corrected chi connectivity index (χ3v) is 2.31. The summed E-state index contributed by atoms with van der Waals surface area (Å²) in [4.78, 5) is 3.91. The number of hydrogen-bond acceptors (Lipinski definition) is 3. The second-order valence-corrected chi connectivity index (χ2v) is 3.32. The summed E-state index contributed by atoms with van der Waals surface area (Å²) < 4.78 is 13.2. The van der Waals surface area contributed by atoms with E-state index in [0.717, 1.165) is 0 Å². The molecule has 1 aromatic carbocycles. The number of benzene rings is 1. The Labute approximate surface area is 97.4 Å². The van der Waals surface area contributed by atoms with Crippen LogP contribution in [0.1, 0.15) is 11.3 Å². The molecule has 0 amide bonds. The first-order valence-corrected chi connectivity index (χ1v) is 4.81. The predicted octanol–water partition coefficient (Wildman–Crippen LogP) is 2.63. The fraction of sp³-hybridized carbons (Fsp3) is 0. The lowest BCUT2D eigenvalue weighted by atomic mass is 10.0. The Bertz CT molecular complexity index is 650. The molecule has 2 aromatic rings. The van der Waals surface area contributed by atoms with Crippen molar-refractivity contribution >= 4 is 0 Å². The van der Waals surface area contributed by atoms with E-state index in [1.165, 1.54) is 24.4 Å². The van der Waals surface area contributed by atoms with Gasteiger partial charge < -0.3 is 0 Å². The van der Waals surface area contributed by atoms with Crippen LogP contribution in [-0.4, -0.2) is 4.98 Å². The average Bonchev–Trinajstić information content (AvgIpc) is 2.39. The van der Waals surface area contributed by atoms with Crippen LogP contribution < -0.4 is 0 Å². The van der Waals surface area contributed by atoms with Gasteiger partial charge in [0, 0.05) is 11.8 Å². The van der Waals surface area contributed by atoms with Crippen LogP contribution in [0.4, 0.5) is 4.39 Å². The molecule has 0 spiro atoms. The highest BCUT2D eigenvalue weighted by Gasteiger charge is 2.08. The van der Waals surface area contributed by atoms with Gasteiger partial charge in [0.25, 0.3) is 0 Å². The van der Waals surface area contributed by atoms with E-state index in [1.54, 1.807) is 18.2 Å².